The number of rotatable bonds is 0. The van der Waals surface area contributed by atoms with E-state index < -0.39 is 11.9 Å². The Morgan fingerprint density at radius 2 is 0.833 bits per heavy atom. The van der Waals surface area contributed by atoms with Gasteiger partial charge < -0.3 is 32.1 Å². The summed E-state index contributed by atoms with van der Waals surface area (Å²) in [5.41, 5.74) is 0. The van der Waals surface area contributed by atoms with E-state index in [4.69, 9.17) is 23.1 Å². The Hall–Kier alpha value is -0.706. The van der Waals surface area contributed by atoms with Crippen molar-refractivity contribution in [3.63, 3.8) is 0 Å². The van der Waals surface area contributed by atoms with Crippen LogP contribution in [0.1, 0.15) is 0 Å². The van der Waals surface area contributed by atoms with Crippen LogP contribution in [0.2, 0.25) is 0 Å². The van der Waals surface area contributed by atoms with E-state index in [1.807, 2.05) is 0 Å². The van der Waals surface area contributed by atoms with Crippen LogP contribution in [-0.4, -0.2) is 44.1 Å². The van der Waals surface area contributed by atoms with Gasteiger partial charge in [0.2, 0.25) is 0 Å². The molecule has 0 aromatic heterocycles. The average molecular weight is 226 g/mol. The molecule has 0 heterocycles. The minimum absolute atomic E-state index is 0. The Bertz CT molecular complexity index is 88.7. The van der Waals surface area contributed by atoms with Gasteiger partial charge in [-0.3, -0.25) is 0 Å². The molecule has 0 bridgehead atoms. The van der Waals surface area contributed by atoms with Gasteiger partial charge in [-0.1, -0.05) is 0 Å². The van der Waals surface area contributed by atoms with Crippen LogP contribution in [0.5, 0.6) is 0 Å². The molecular formula is C2H10O9Ti. The predicted octanol–water partition coefficient (Wildman–Crippen LogP) is -4.26. The van der Waals surface area contributed by atoms with Crippen molar-refractivity contribution in [3.8, 4) is 0 Å². The Kier molecular flexibility index (Phi) is 113. The molecule has 10 N–H and O–H groups in total. The first kappa shape index (κ1) is 42.7. The van der Waals surface area contributed by atoms with Gasteiger partial charge in [0, 0.05) is 0 Å². The molecule has 0 unspecified atom stereocenters. The van der Waals surface area contributed by atoms with Crippen molar-refractivity contribution in [1.29, 1.82) is 0 Å². The molecule has 0 spiro atoms. The topological polar surface area (TPSA) is 218 Å². The van der Waals surface area contributed by atoms with Crippen LogP contribution in [0.25, 0.3) is 0 Å². The molecule has 10 heteroatoms. The van der Waals surface area contributed by atoms with Crippen LogP contribution in [0.4, 0.5) is 0 Å². The summed E-state index contributed by atoms with van der Waals surface area (Å²) in [5, 5.41) is 14.8. The Labute approximate surface area is 78.0 Å². The maximum atomic E-state index is 9.10. The van der Waals surface area contributed by atoms with Crippen molar-refractivity contribution in [1.82, 2.24) is 0 Å². The van der Waals surface area contributed by atoms with Crippen molar-refractivity contribution in [2.45, 2.75) is 0 Å². The molecule has 0 saturated heterocycles. The van der Waals surface area contributed by atoms with Crippen LogP contribution in [0, 0.1) is 0 Å². The van der Waals surface area contributed by atoms with Crippen LogP contribution in [-0.2, 0) is 33.3 Å². The van der Waals surface area contributed by atoms with Gasteiger partial charge in [-0.05, 0) is 0 Å². The first-order valence-electron chi connectivity index (χ1n) is 1.31. The Morgan fingerprint density at radius 1 is 0.750 bits per heavy atom. The number of hydrogen-bond donors (Lipinski definition) is 2. The summed E-state index contributed by atoms with van der Waals surface area (Å²) >= 11 is 0.750. The second-order valence-corrected chi connectivity index (χ2v) is 0.610. The standard InChI is InChI=1S/C2H2O4.4H2O.O.Ti/c3-1(4)2(5)6;;;;;;/h(H,3,4)(H,5,6);4*1H2;;. The summed E-state index contributed by atoms with van der Waals surface area (Å²) in [6.07, 6.45) is 0. The monoisotopic (exact) mass is 226 g/mol. The van der Waals surface area contributed by atoms with Crippen LogP contribution >= 0.6 is 0 Å². The fourth-order valence-corrected chi connectivity index (χ4v) is 0. The summed E-state index contributed by atoms with van der Waals surface area (Å²) in [7, 11) is 0. The van der Waals surface area contributed by atoms with Crippen molar-refractivity contribution in [2.75, 3.05) is 0 Å². The van der Waals surface area contributed by atoms with E-state index in [9.17, 15) is 0 Å². The zero-order valence-corrected chi connectivity index (χ0v) is 7.18. The van der Waals surface area contributed by atoms with E-state index in [0.717, 1.165) is 20.4 Å². The maximum absolute atomic E-state index is 9.10. The van der Waals surface area contributed by atoms with E-state index in [0.29, 0.717) is 0 Å². The van der Waals surface area contributed by atoms with Crippen molar-refractivity contribution >= 4 is 11.9 Å². The van der Waals surface area contributed by atoms with E-state index in [1.54, 1.807) is 0 Å². The molecule has 0 atom stereocenters. The minimum atomic E-state index is -1.82. The molecule has 0 aliphatic rings. The molecule has 12 heavy (non-hydrogen) atoms. The van der Waals surface area contributed by atoms with Crippen molar-refractivity contribution in [2.24, 2.45) is 0 Å². The molecule has 0 amide bonds. The van der Waals surface area contributed by atoms with Gasteiger partial charge in [0.25, 0.3) is 0 Å². The average Bonchev–Trinajstić information content (AvgIpc) is 1.72. The van der Waals surface area contributed by atoms with E-state index in [2.05, 4.69) is 0 Å². The number of carbonyl (C=O) groups is 2. The molecular weight excluding hydrogens is 216 g/mol. The molecule has 9 nitrogen and oxygen atoms in total. The van der Waals surface area contributed by atoms with Gasteiger partial charge >= 0.3 is 35.7 Å². The number of aliphatic carboxylic acids is 2. The third-order valence-electron chi connectivity index (χ3n) is 0.183. The molecule has 0 rings (SSSR count). The molecule has 0 fully saturated rings. The third kappa shape index (κ3) is 58.9. The first-order valence-corrected chi connectivity index (χ1v) is 1.95. The van der Waals surface area contributed by atoms with Gasteiger partial charge in [-0.25, -0.2) is 9.59 Å². The normalized spacial score (nSPS) is 3.92. The summed E-state index contributed by atoms with van der Waals surface area (Å²) in [6.45, 7) is 0. The molecule has 0 aromatic carbocycles. The SMILES string of the molecule is O.O.O.O.O=C(O)C(=O)O.[O]=[Ti]. The first-order chi connectivity index (χ1) is 3.64. The van der Waals surface area contributed by atoms with E-state index >= 15 is 0 Å². The van der Waals surface area contributed by atoms with Crippen molar-refractivity contribution in [3.05, 3.63) is 0 Å². The second-order valence-electron chi connectivity index (χ2n) is 0.610. The zero-order chi connectivity index (χ0) is 7.15. The molecule has 0 radical (unpaired) electrons. The van der Waals surface area contributed by atoms with Crippen LogP contribution in [0.15, 0.2) is 0 Å². The summed E-state index contributed by atoms with van der Waals surface area (Å²) in [4.78, 5) is 18.2. The summed E-state index contributed by atoms with van der Waals surface area (Å²) in [5.74, 6) is -3.65. The Morgan fingerprint density at radius 3 is 0.833 bits per heavy atom. The summed E-state index contributed by atoms with van der Waals surface area (Å²) in [6, 6.07) is 0. The van der Waals surface area contributed by atoms with E-state index in [-0.39, 0.29) is 21.9 Å². The van der Waals surface area contributed by atoms with Crippen molar-refractivity contribution < 1.29 is 65.4 Å². The number of carboxylic acid groups (broad SMARTS) is 2. The van der Waals surface area contributed by atoms with Crippen LogP contribution < -0.4 is 0 Å². The van der Waals surface area contributed by atoms with Gasteiger partial charge in [0.15, 0.2) is 0 Å². The summed E-state index contributed by atoms with van der Waals surface area (Å²) < 4.78 is 8.25. The molecule has 76 valence electrons. The van der Waals surface area contributed by atoms with Gasteiger partial charge in [0.1, 0.15) is 0 Å². The number of carboxylic acids is 2. The third-order valence-corrected chi connectivity index (χ3v) is 0.183. The predicted molar refractivity (Wildman–Crippen MR) is 30.4 cm³/mol. The van der Waals surface area contributed by atoms with Crippen LogP contribution in [0.3, 0.4) is 0 Å². The van der Waals surface area contributed by atoms with E-state index in [1.165, 1.54) is 0 Å². The second kappa shape index (κ2) is 31.7. The van der Waals surface area contributed by atoms with Gasteiger partial charge in [-0.2, -0.15) is 0 Å². The molecule has 0 aliphatic carbocycles. The fraction of sp³-hybridized carbons (Fsp3) is 0. The molecule has 0 saturated carbocycles. The van der Waals surface area contributed by atoms with Gasteiger partial charge in [0.05, 0.1) is 0 Å². The zero-order valence-electron chi connectivity index (χ0n) is 5.62. The molecule has 0 aliphatic heterocycles. The quantitative estimate of drug-likeness (QED) is 0.308. The Balaban J connectivity index is -0.0000000140. The number of hydrogen-bond acceptors (Lipinski definition) is 3. The fourth-order valence-electron chi connectivity index (χ4n) is 0. The molecule has 0 aromatic rings. The van der Waals surface area contributed by atoms with Gasteiger partial charge in [-0.15, -0.1) is 0 Å².